The highest BCUT2D eigenvalue weighted by Gasteiger charge is 2.29. The van der Waals surface area contributed by atoms with E-state index in [0.717, 1.165) is 37.5 Å². The molecule has 2 amide bonds. The van der Waals surface area contributed by atoms with Crippen LogP contribution >= 0.6 is 0 Å². The number of ether oxygens (including phenoxy) is 3. The fourth-order valence-electron chi connectivity index (χ4n) is 5.16. The number of hydrogen-bond donors (Lipinski definition) is 1. The predicted octanol–water partition coefficient (Wildman–Crippen LogP) is 3.84. The van der Waals surface area contributed by atoms with Crippen molar-refractivity contribution in [2.24, 2.45) is 0 Å². The summed E-state index contributed by atoms with van der Waals surface area (Å²) in [7, 11) is -2.04. The van der Waals surface area contributed by atoms with Crippen molar-refractivity contribution >= 4 is 27.5 Å². The number of amides is 2. The number of methoxy groups -OCH3 is 1. The van der Waals surface area contributed by atoms with E-state index in [-0.39, 0.29) is 50.6 Å². The zero-order valence-corrected chi connectivity index (χ0v) is 24.2. The van der Waals surface area contributed by atoms with Gasteiger partial charge >= 0.3 is 0 Å². The van der Waals surface area contributed by atoms with Crippen LogP contribution in [0.1, 0.15) is 57.4 Å². The molecular weight excluding hydrogens is 534 g/mol. The molecular formula is C29H39N3O7S. The highest BCUT2D eigenvalue weighted by molar-refractivity contribution is 7.92. The lowest BCUT2D eigenvalue weighted by molar-refractivity contribution is -0.141. The smallest absolute Gasteiger partial charge is 0.242 e. The molecule has 1 aliphatic carbocycles. The highest BCUT2D eigenvalue weighted by atomic mass is 32.2. The van der Waals surface area contributed by atoms with Crippen LogP contribution in [-0.4, -0.2) is 63.9 Å². The average molecular weight is 574 g/mol. The van der Waals surface area contributed by atoms with E-state index < -0.39 is 16.1 Å². The third-order valence-electron chi connectivity index (χ3n) is 7.40. The quantitative estimate of drug-likeness (QED) is 0.410. The lowest BCUT2D eigenvalue weighted by Crippen LogP contribution is -2.50. The summed E-state index contributed by atoms with van der Waals surface area (Å²) in [6, 6.07) is 11.8. The van der Waals surface area contributed by atoms with Gasteiger partial charge in [0.1, 0.15) is 11.8 Å². The fourth-order valence-corrected chi connectivity index (χ4v) is 6.12. The minimum atomic E-state index is -3.62. The largest absolute Gasteiger partial charge is 0.497 e. The van der Waals surface area contributed by atoms with Crippen LogP contribution in [0.2, 0.25) is 0 Å². The first kappa shape index (κ1) is 29.5. The molecule has 0 bridgehead atoms. The van der Waals surface area contributed by atoms with E-state index in [1.54, 1.807) is 37.1 Å². The van der Waals surface area contributed by atoms with Gasteiger partial charge in [-0.2, -0.15) is 0 Å². The van der Waals surface area contributed by atoms with Gasteiger partial charge in [0.15, 0.2) is 11.5 Å². The fraction of sp³-hybridized carbons (Fsp3) is 0.517. The van der Waals surface area contributed by atoms with Crippen molar-refractivity contribution in [3.8, 4) is 17.2 Å². The molecule has 1 atom stereocenters. The van der Waals surface area contributed by atoms with Crippen LogP contribution in [-0.2, 0) is 26.2 Å². The van der Waals surface area contributed by atoms with Gasteiger partial charge in [-0.3, -0.25) is 13.9 Å². The monoisotopic (exact) mass is 573 g/mol. The Morgan fingerprint density at radius 3 is 2.55 bits per heavy atom. The van der Waals surface area contributed by atoms with Gasteiger partial charge in [-0.15, -0.1) is 0 Å². The Labute approximate surface area is 236 Å². The predicted molar refractivity (Wildman–Crippen MR) is 152 cm³/mol. The van der Waals surface area contributed by atoms with E-state index in [1.807, 2.05) is 24.3 Å². The number of sulfonamides is 1. The molecule has 2 aromatic rings. The second-order valence-electron chi connectivity index (χ2n) is 10.4. The summed E-state index contributed by atoms with van der Waals surface area (Å²) in [6.07, 6.45) is 6.73. The molecule has 1 N–H and O–H groups in total. The maximum Gasteiger partial charge on any atom is 0.242 e. The summed E-state index contributed by atoms with van der Waals surface area (Å²) in [5, 5.41) is 3.13. The summed E-state index contributed by atoms with van der Waals surface area (Å²) in [5.41, 5.74) is 1.27. The molecule has 2 aliphatic rings. The van der Waals surface area contributed by atoms with Crippen molar-refractivity contribution in [3.05, 3.63) is 48.0 Å². The number of nitrogens with one attached hydrogen (secondary N) is 1. The highest BCUT2D eigenvalue weighted by Crippen LogP contribution is 2.36. The molecule has 0 radical (unpaired) electrons. The second kappa shape index (κ2) is 13.3. The molecule has 1 heterocycles. The number of fused-ring (bicyclic) bond motifs is 1. The third-order valence-corrected chi connectivity index (χ3v) is 8.60. The van der Waals surface area contributed by atoms with E-state index in [2.05, 4.69) is 5.32 Å². The molecule has 2 aromatic carbocycles. The SMILES string of the molecule is COc1cccc(CN(C(=O)CCCN(c2ccc3c(c2)OCO3)S(C)(=O)=O)[C@H](C)C(=O)NC2CCCCC2)c1. The molecule has 40 heavy (non-hydrogen) atoms. The molecule has 0 spiro atoms. The minimum Gasteiger partial charge on any atom is -0.497 e. The van der Waals surface area contributed by atoms with E-state index in [0.29, 0.717) is 22.9 Å². The summed E-state index contributed by atoms with van der Waals surface area (Å²) >= 11 is 0. The van der Waals surface area contributed by atoms with Gasteiger partial charge < -0.3 is 24.4 Å². The molecule has 1 saturated carbocycles. The molecule has 4 rings (SSSR count). The number of hydrogen-bond acceptors (Lipinski definition) is 7. The first-order chi connectivity index (χ1) is 19.2. The Balaban J connectivity index is 1.46. The number of anilines is 1. The first-order valence-corrected chi connectivity index (χ1v) is 15.6. The van der Waals surface area contributed by atoms with Crippen molar-refractivity contribution in [2.45, 2.75) is 70.5 Å². The number of rotatable bonds is 12. The van der Waals surface area contributed by atoms with Crippen LogP contribution in [0, 0.1) is 0 Å². The van der Waals surface area contributed by atoms with Crippen LogP contribution < -0.4 is 23.8 Å². The number of nitrogens with zero attached hydrogens (tertiary/aromatic N) is 2. The topological polar surface area (TPSA) is 114 Å². The van der Waals surface area contributed by atoms with Crippen LogP contribution in [0.3, 0.4) is 0 Å². The van der Waals surface area contributed by atoms with Gasteiger partial charge in [0, 0.05) is 31.6 Å². The lowest BCUT2D eigenvalue weighted by Gasteiger charge is -2.31. The van der Waals surface area contributed by atoms with Crippen LogP contribution in [0.5, 0.6) is 17.2 Å². The maximum absolute atomic E-state index is 13.6. The van der Waals surface area contributed by atoms with Crippen molar-refractivity contribution in [1.82, 2.24) is 10.2 Å². The zero-order valence-electron chi connectivity index (χ0n) is 23.4. The molecule has 0 aromatic heterocycles. The third kappa shape index (κ3) is 7.59. The van der Waals surface area contributed by atoms with E-state index in [9.17, 15) is 18.0 Å². The molecule has 0 unspecified atom stereocenters. The lowest BCUT2D eigenvalue weighted by atomic mass is 9.95. The molecule has 10 nitrogen and oxygen atoms in total. The molecule has 218 valence electrons. The molecule has 0 saturated heterocycles. The number of benzene rings is 2. The molecule has 1 fully saturated rings. The van der Waals surface area contributed by atoms with Crippen LogP contribution in [0.15, 0.2) is 42.5 Å². The Morgan fingerprint density at radius 1 is 1.07 bits per heavy atom. The van der Waals surface area contributed by atoms with Crippen molar-refractivity contribution < 1.29 is 32.2 Å². The van der Waals surface area contributed by atoms with Gasteiger partial charge in [-0.1, -0.05) is 31.4 Å². The summed E-state index contributed by atoms with van der Waals surface area (Å²) in [4.78, 5) is 28.4. The summed E-state index contributed by atoms with van der Waals surface area (Å²) < 4.78 is 42.6. The Morgan fingerprint density at radius 2 is 1.82 bits per heavy atom. The average Bonchev–Trinajstić information content (AvgIpc) is 3.41. The van der Waals surface area contributed by atoms with E-state index in [4.69, 9.17) is 14.2 Å². The van der Waals surface area contributed by atoms with Crippen molar-refractivity contribution in [1.29, 1.82) is 0 Å². The van der Waals surface area contributed by atoms with Gasteiger partial charge in [-0.25, -0.2) is 8.42 Å². The van der Waals surface area contributed by atoms with E-state index in [1.165, 1.54) is 10.7 Å². The van der Waals surface area contributed by atoms with Gasteiger partial charge in [0.05, 0.1) is 19.1 Å². The van der Waals surface area contributed by atoms with Gasteiger partial charge in [-0.05, 0) is 56.0 Å². The maximum atomic E-state index is 13.6. The minimum absolute atomic E-state index is 0.0710. The zero-order chi connectivity index (χ0) is 28.7. The standard InChI is InChI=1S/C29H39N3O7S/c1-21(29(34)30-23-10-5-4-6-11-23)31(19-22-9-7-12-25(17-22)37-2)28(33)13-8-16-32(40(3,35)36)24-14-15-26-27(18-24)39-20-38-26/h7,9,12,14-15,17-18,21,23H,4-6,8,10-11,13,16,19-20H2,1-3H3,(H,30,34)/t21-/m1/s1. The van der Waals surface area contributed by atoms with E-state index >= 15 is 0 Å². The Kier molecular flexibility index (Phi) is 9.78. The van der Waals surface area contributed by atoms with Crippen molar-refractivity contribution in [2.75, 3.05) is 31.0 Å². The first-order valence-electron chi connectivity index (χ1n) is 13.8. The number of carbonyl (C=O) groups is 2. The Bertz CT molecular complexity index is 1290. The van der Waals surface area contributed by atoms with Crippen molar-refractivity contribution in [3.63, 3.8) is 0 Å². The Hall–Kier alpha value is -3.47. The number of carbonyl (C=O) groups excluding carboxylic acids is 2. The van der Waals surface area contributed by atoms with Crippen LogP contribution in [0.25, 0.3) is 0 Å². The summed E-state index contributed by atoms with van der Waals surface area (Å²) in [6.45, 7) is 2.15. The molecule has 1 aliphatic heterocycles. The van der Waals surface area contributed by atoms with Gasteiger partial charge in [0.25, 0.3) is 0 Å². The normalized spacial score (nSPS) is 15.8. The van der Waals surface area contributed by atoms with Gasteiger partial charge in [0.2, 0.25) is 28.6 Å². The van der Waals surface area contributed by atoms with Crippen LogP contribution in [0.4, 0.5) is 5.69 Å². The molecule has 11 heteroatoms. The second-order valence-corrected chi connectivity index (χ2v) is 12.3. The summed E-state index contributed by atoms with van der Waals surface area (Å²) in [5.74, 6) is 1.29.